The van der Waals surface area contributed by atoms with Crippen molar-refractivity contribution in [3.05, 3.63) is 0 Å². The number of nitrogens with two attached hydrogens (primary N) is 1. The van der Waals surface area contributed by atoms with Crippen LogP contribution in [0.3, 0.4) is 0 Å². The third-order valence-electron chi connectivity index (χ3n) is 4.78. The Hall–Kier alpha value is -0.610. The first-order valence-corrected chi connectivity index (χ1v) is 7.89. The van der Waals surface area contributed by atoms with Crippen molar-refractivity contribution < 1.29 is 4.79 Å². The van der Waals surface area contributed by atoms with Gasteiger partial charge in [-0.3, -0.25) is 9.69 Å². The van der Waals surface area contributed by atoms with Gasteiger partial charge in [-0.05, 0) is 25.7 Å². The van der Waals surface area contributed by atoms with Crippen LogP contribution in [-0.2, 0) is 4.79 Å². The first kappa shape index (κ1) is 14.8. The topological polar surface area (TPSA) is 49.6 Å². The average Bonchev–Trinajstić information content (AvgIpc) is 2.70. The summed E-state index contributed by atoms with van der Waals surface area (Å²) in [6.45, 7) is 7.52. The van der Waals surface area contributed by atoms with E-state index < -0.39 is 0 Å². The van der Waals surface area contributed by atoms with Crippen LogP contribution in [-0.4, -0.2) is 54.0 Å². The summed E-state index contributed by atoms with van der Waals surface area (Å²) in [5.74, 6) is 0.813. The molecule has 1 amide bonds. The third kappa shape index (κ3) is 3.69. The molecule has 4 heteroatoms. The van der Waals surface area contributed by atoms with Crippen LogP contribution in [0, 0.1) is 5.92 Å². The maximum atomic E-state index is 12.5. The molecule has 110 valence electrons. The zero-order chi connectivity index (χ0) is 13.8. The van der Waals surface area contributed by atoms with Gasteiger partial charge >= 0.3 is 0 Å². The molecule has 1 aliphatic carbocycles. The molecule has 2 fully saturated rings. The molecule has 0 spiro atoms. The predicted molar refractivity (Wildman–Crippen MR) is 77.8 cm³/mol. The van der Waals surface area contributed by atoms with Crippen LogP contribution in [0.2, 0.25) is 0 Å². The molecule has 0 radical (unpaired) electrons. The molecular formula is C15H29N3O. The number of nitrogens with zero attached hydrogens (tertiary/aromatic N) is 2. The van der Waals surface area contributed by atoms with Crippen LogP contribution in [0.15, 0.2) is 0 Å². The van der Waals surface area contributed by atoms with Crippen molar-refractivity contribution in [2.75, 3.05) is 26.2 Å². The van der Waals surface area contributed by atoms with E-state index in [-0.39, 0.29) is 6.04 Å². The van der Waals surface area contributed by atoms with Gasteiger partial charge in [0, 0.05) is 31.7 Å². The minimum absolute atomic E-state index is 0.234. The van der Waals surface area contributed by atoms with Crippen molar-refractivity contribution in [3.8, 4) is 0 Å². The molecule has 19 heavy (non-hydrogen) atoms. The standard InChI is InChI=1S/C15H29N3O/c1-3-18(13-7-5-4-6-8-13)15(19)11-17-9-12(2)14(16)10-17/h12-14H,3-11,16H2,1-2H3. The zero-order valence-corrected chi connectivity index (χ0v) is 12.5. The Morgan fingerprint density at radius 2 is 1.95 bits per heavy atom. The van der Waals surface area contributed by atoms with Crippen LogP contribution in [0.4, 0.5) is 0 Å². The van der Waals surface area contributed by atoms with Crippen molar-refractivity contribution in [3.63, 3.8) is 0 Å². The Balaban J connectivity index is 1.86. The molecule has 0 aromatic heterocycles. The van der Waals surface area contributed by atoms with Gasteiger partial charge in [-0.1, -0.05) is 26.2 Å². The first-order chi connectivity index (χ1) is 9.11. The van der Waals surface area contributed by atoms with E-state index in [1.807, 2.05) is 0 Å². The summed E-state index contributed by atoms with van der Waals surface area (Å²) in [5, 5.41) is 0. The minimum atomic E-state index is 0.234. The number of carbonyl (C=O) groups excluding carboxylic acids is 1. The Morgan fingerprint density at radius 3 is 2.47 bits per heavy atom. The van der Waals surface area contributed by atoms with Gasteiger partial charge in [-0.15, -0.1) is 0 Å². The second kappa shape index (κ2) is 6.71. The molecule has 1 aliphatic heterocycles. The average molecular weight is 267 g/mol. The molecule has 2 atom stereocenters. The van der Waals surface area contributed by atoms with Gasteiger partial charge in [0.25, 0.3) is 0 Å². The van der Waals surface area contributed by atoms with Crippen molar-refractivity contribution in [2.45, 2.75) is 58.0 Å². The molecule has 2 rings (SSSR count). The Kier molecular flexibility index (Phi) is 5.22. The molecule has 1 saturated heterocycles. The van der Waals surface area contributed by atoms with E-state index in [0.717, 1.165) is 19.6 Å². The van der Waals surface area contributed by atoms with Gasteiger partial charge in [0.15, 0.2) is 0 Å². The molecule has 4 nitrogen and oxygen atoms in total. The summed E-state index contributed by atoms with van der Waals surface area (Å²) in [6.07, 6.45) is 6.27. The van der Waals surface area contributed by atoms with E-state index in [2.05, 4.69) is 23.6 Å². The van der Waals surface area contributed by atoms with E-state index in [9.17, 15) is 4.79 Å². The molecule has 1 heterocycles. The van der Waals surface area contributed by atoms with Crippen LogP contribution in [0.1, 0.15) is 46.0 Å². The molecule has 0 bridgehead atoms. The second-order valence-electron chi connectivity index (χ2n) is 6.31. The summed E-state index contributed by atoms with van der Waals surface area (Å²) in [5.41, 5.74) is 6.03. The van der Waals surface area contributed by atoms with Gasteiger partial charge in [-0.2, -0.15) is 0 Å². The van der Waals surface area contributed by atoms with Gasteiger partial charge in [0.05, 0.1) is 6.54 Å². The summed E-state index contributed by atoms with van der Waals surface area (Å²) < 4.78 is 0. The predicted octanol–water partition coefficient (Wildman–Crippen LogP) is 1.45. The fourth-order valence-electron chi connectivity index (χ4n) is 3.54. The van der Waals surface area contributed by atoms with Crippen LogP contribution in [0.5, 0.6) is 0 Å². The van der Waals surface area contributed by atoms with Gasteiger partial charge in [0.2, 0.25) is 5.91 Å². The lowest BCUT2D eigenvalue weighted by molar-refractivity contribution is -0.135. The number of likely N-dealkylation sites (tertiary alicyclic amines) is 1. The van der Waals surface area contributed by atoms with Gasteiger partial charge in [0.1, 0.15) is 0 Å². The van der Waals surface area contributed by atoms with Gasteiger partial charge in [-0.25, -0.2) is 0 Å². The molecule has 0 aromatic rings. The third-order valence-corrected chi connectivity index (χ3v) is 4.78. The quantitative estimate of drug-likeness (QED) is 0.838. The van der Waals surface area contributed by atoms with Gasteiger partial charge < -0.3 is 10.6 Å². The minimum Gasteiger partial charge on any atom is -0.339 e. The fourth-order valence-corrected chi connectivity index (χ4v) is 3.54. The molecular weight excluding hydrogens is 238 g/mol. The highest BCUT2D eigenvalue weighted by Gasteiger charge is 2.30. The number of hydrogen-bond donors (Lipinski definition) is 1. The molecule has 1 saturated carbocycles. The Labute approximate surface area is 117 Å². The highest BCUT2D eigenvalue weighted by molar-refractivity contribution is 5.78. The summed E-state index contributed by atoms with van der Waals surface area (Å²) in [4.78, 5) is 16.8. The molecule has 0 aromatic carbocycles. The van der Waals surface area contributed by atoms with E-state index in [1.54, 1.807) is 0 Å². The van der Waals surface area contributed by atoms with Crippen molar-refractivity contribution in [2.24, 2.45) is 11.7 Å². The van der Waals surface area contributed by atoms with Crippen LogP contribution < -0.4 is 5.73 Å². The maximum Gasteiger partial charge on any atom is 0.236 e. The SMILES string of the molecule is CCN(C(=O)CN1CC(C)C(N)C1)C1CCCCC1. The number of hydrogen-bond acceptors (Lipinski definition) is 3. The lowest BCUT2D eigenvalue weighted by Gasteiger charge is -2.34. The monoisotopic (exact) mass is 267 g/mol. The summed E-state index contributed by atoms with van der Waals surface area (Å²) in [7, 11) is 0. The maximum absolute atomic E-state index is 12.5. The van der Waals surface area contributed by atoms with Crippen molar-refractivity contribution >= 4 is 5.91 Å². The molecule has 2 aliphatic rings. The smallest absolute Gasteiger partial charge is 0.236 e. The molecule has 2 unspecified atom stereocenters. The lowest BCUT2D eigenvalue weighted by atomic mass is 9.94. The highest BCUT2D eigenvalue weighted by Crippen LogP contribution is 2.23. The summed E-state index contributed by atoms with van der Waals surface area (Å²) in [6, 6.07) is 0.720. The lowest BCUT2D eigenvalue weighted by Crippen LogP contribution is -2.46. The van der Waals surface area contributed by atoms with E-state index in [1.165, 1.54) is 32.1 Å². The largest absolute Gasteiger partial charge is 0.339 e. The van der Waals surface area contributed by atoms with Crippen LogP contribution in [0.25, 0.3) is 0 Å². The first-order valence-electron chi connectivity index (χ1n) is 7.89. The summed E-state index contributed by atoms with van der Waals surface area (Å²) >= 11 is 0. The number of carbonyl (C=O) groups is 1. The van der Waals surface area contributed by atoms with Crippen LogP contribution >= 0.6 is 0 Å². The van der Waals surface area contributed by atoms with E-state index >= 15 is 0 Å². The van der Waals surface area contributed by atoms with E-state index in [0.29, 0.717) is 24.4 Å². The normalized spacial score (nSPS) is 29.6. The van der Waals surface area contributed by atoms with Crippen molar-refractivity contribution in [1.29, 1.82) is 0 Å². The highest BCUT2D eigenvalue weighted by atomic mass is 16.2. The molecule has 2 N–H and O–H groups in total. The van der Waals surface area contributed by atoms with E-state index in [4.69, 9.17) is 5.73 Å². The second-order valence-corrected chi connectivity index (χ2v) is 6.31. The van der Waals surface area contributed by atoms with Crippen molar-refractivity contribution in [1.82, 2.24) is 9.80 Å². The number of amides is 1. The fraction of sp³-hybridized carbons (Fsp3) is 0.933. The number of rotatable bonds is 4. The number of likely N-dealkylation sites (N-methyl/N-ethyl adjacent to an activating group) is 1. The Morgan fingerprint density at radius 1 is 1.26 bits per heavy atom. The zero-order valence-electron chi connectivity index (χ0n) is 12.5. The Bertz CT molecular complexity index is 292.